The molecule has 0 bridgehead atoms. The van der Waals surface area contributed by atoms with Gasteiger partial charge in [-0.05, 0) is 130 Å². The van der Waals surface area contributed by atoms with Gasteiger partial charge in [-0.1, -0.05) is 25.1 Å². The molecule has 0 saturated carbocycles. The first kappa shape index (κ1) is 32.3. The highest BCUT2D eigenvalue weighted by atomic mass is 127. The molecular weight excluding hydrogens is 839 g/mol. The molecule has 1 heterocycles. The summed E-state index contributed by atoms with van der Waals surface area (Å²) in [6.07, 6.45) is 3.14. The SMILES string of the molecule is Cc1cc(CC(=O)O)cc(I)c1Oc1cc(I)c(OCC(C)CC(C)c2cn(CCOC(C)C)nn2)c(I)c1. The number of benzene rings is 2. The Kier molecular flexibility index (Phi) is 12.6. The van der Waals surface area contributed by atoms with E-state index in [2.05, 4.69) is 91.9 Å². The standard InChI is InChI=1S/C28H34I3N3O5/c1-16(2)37-7-6-34-14-25(32-33-34)18(4)8-17(3)15-38-28-23(30)12-21(13-24(28)31)39-27-19(5)9-20(10-22(27)29)11-26(35)36/h9-10,12-14,16-18H,6-8,11,15H2,1-5H3,(H,35,36). The number of aromatic nitrogens is 3. The van der Waals surface area contributed by atoms with Crippen LogP contribution < -0.4 is 9.47 Å². The number of hydrogen-bond acceptors (Lipinski definition) is 6. The highest BCUT2D eigenvalue weighted by Crippen LogP contribution is 2.37. The van der Waals surface area contributed by atoms with E-state index in [-0.39, 0.29) is 18.4 Å². The van der Waals surface area contributed by atoms with Crippen molar-refractivity contribution in [3.8, 4) is 17.2 Å². The lowest BCUT2D eigenvalue weighted by molar-refractivity contribution is -0.136. The maximum absolute atomic E-state index is 11.1. The molecule has 212 valence electrons. The summed E-state index contributed by atoms with van der Waals surface area (Å²) in [5.41, 5.74) is 2.64. The van der Waals surface area contributed by atoms with E-state index in [9.17, 15) is 4.79 Å². The summed E-state index contributed by atoms with van der Waals surface area (Å²) >= 11 is 6.75. The van der Waals surface area contributed by atoms with E-state index in [1.165, 1.54) is 0 Å². The molecule has 0 fully saturated rings. The highest BCUT2D eigenvalue weighted by Gasteiger charge is 2.18. The molecule has 1 aromatic heterocycles. The van der Waals surface area contributed by atoms with Crippen LogP contribution in [0.5, 0.6) is 17.2 Å². The van der Waals surface area contributed by atoms with Gasteiger partial charge in [-0.25, -0.2) is 4.68 Å². The molecule has 2 unspecified atom stereocenters. The van der Waals surface area contributed by atoms with Crippen LogP contribution in [0.2, 0.25) is 0 Å². The van der Waals surface area contributed by atoms with Gasteiger partial charge >= 0.3 is 5.97 Å². The molecule has 0 aliphatic heterocycles. The van der Waals surface area contributed by atoms with Crippen LogP contribution in [-0.2, 0) is 22.5 Å². The van der Waals surface area contributed by atoms with Gasteiger partial charge in [-0.15, -0.1) is 5.10 Å². The minimum atomic E-state index is -0.849. The second kappa shape index (κ2) is 15.1. The van der Waals surface area contributed by atoms with E-state index in [4.69, 9.17) is 19.3 Å². The number of carbonyl (C=O) groups is 1. The van der Waals surface area contributed by atoms with E-state index in [1.54, 1.807) is 0 Å². The molecule has 0 aliphatic carbocycles. The Morgan fingerprint density at radius 1 is 1.03 bits per heavy atom. The second-order valence-corrected chi connectivity index (χ2v) is 13.5. The van der Waals surface area contributed by atoms with Crippen LogP contribution in [0.4, 0.5) is 0 Å². The van der Waals surface area contributed by atoms with Crippen LogP contribution in [-0.4, -0.2) is 45.4 Å². The second-order valence-electron chi connectivity index (χ2n) is 9.99. The van der Waals surface area contributed by atoms with Gasteiger partial charge in [-0.3, -0.25) is 4.79 Å². The Balaban J connectivity index is 1.58. The number of aryl methyl sites for hydroxylation is 1. The molecule has 3 aromatic rings. The first-order chi connectivity index (χ1) is 18.4. The van der Waals surface area contributed by atoms with Crippen LogP contribution in [0.1, 0.15) is 56.9 Å². The van der Waals surface area contributed by atoms with Gasteiger partial charge in [0.25, 0.3) is 0 Å². The van der Waals surface area contributed by atoms with Gasteiger partial charge in [0.2, 0.25) is 0 Å². The number of nitrogens with zero attached hydrogens (tertiary/aromatic N) is 3. The summed E-state index contributed by atoms with van der Waals surface area (Å²) in [5, 5.41) is 17.7. The first-order valence-electron chi connectivity index (χ1n) is 12.7. The molecule has 0 radical (unpaired) electrons. The maximum atomic E-state index is 11.1. The van der Waals surface area contributed by atoms with E-state index in [1.807, 2.05) is 55.9 Å². The predicted molar refractivity (Wildman–Crippen MR) is 176 cm³/mol. The molecule has 11 heteroatoms. The molecular formula is C28H34I3N3O5. The Morgan fingerprint density at radius 2 is 1.69 bits per heavy atom. The number of hydrogen-bond donors (Lipinski definition) is 1. The van der Waals surface area contributed by atoms with Crippen molar-refractivity contribution in [1.29, 1.82) is 0 Å². The van der Waals surface area contributed by atoms with Crippen molar-refractivity contribution >= 4 is 73.7 Å². The predicted octanol–water partition coefficient (Wildman–Crippen LogP) is 7.45. The number of carboxylic acid groups (broad SMARTS) is 1. The molecule has 2 aromatic carbocycles. The lowest BCUT2D eigenvalue weighted by Crippen LogP contribution is -2.13. The fraction of sp³-hybridized carbons (Fsp3) is 0.464. The Hall–Kier alpha value is -1.20. The van der Waals surface area contributed by atoms with Crippen LogP contribution >= 0.6 is 67.8 Å². The number of rotatable bonds is 14. The minimum absolute atomic E-state index is 0.00975. The maximum Gasteiger partial charge on any atom is 0.307 e. The Labute approximate surface area is 271 Å². The van der Waals surface area contributed by atoms with Gasteiger partial charge in [0.15, 0.2) is 0 Å². The third kappa shape index (κ3) is 9.99. The van der Waals surface area contributed by atoms with Gasteiger partial charge < -0.3 is 19.3 Å². The summed E-state index contributed by atoms with van der Waals surface area (Å²) in [7, 11) is 0. The van der Waals surface area contributed by atoms with Crippen molar-refractivity contribution < 1.29 is 24.1 Å². The third-order valence-electron chi connectivity index (χ3n) is 5.94. The normalized spacial score (nSPS) is 12.9. The van der Waals surface area contributed by atoms with Gasteiger partial charge in [-0.2, -0.15) is 0 Å². The molecule has 39 heavy (non-hydrogen) atoms. The molecule has 0 spiro atoms. The average Bonchev–Trinajstić information content (AvgIpc) is 3.29. The van der Waals surface area contributed by atoms with Crippen molar-refractivity contribution in [3.63, 3.8) is 0 Å². The Morgan fingerprint density at radius 3 is 2.31 bits per heavy atom. The molecule has 8 nitrogen and oxygen atoms in total. The summed E-state index contributed by atoms with van der Waals surface area (Å²) in [6.45, 7) is 12.3. The minimum Gasteiger partial charge on any atom is -0.491 e. The van der Waals surface area contributed by atoms with Crippen molar-refractivity contribution in [2.75, 3.05) is 13.2 Å². The zero-order chi connectivity index (χ0) is 28.7. The molecule has 0 aliphatic rings. The van der Waals surface area contributed by atoms with E-state index in [0.29, 0.717) is 31.4 Å². The highest BCUT2D eigenvalue weighted by molar-refractivity contribution is 14.1. The first-order valence-corrected chi connectivity index (χ1v) is 16.0. The molecule has 1 N–H and O–H groups in total. The summed E-state index contributed by atoms with van der Waals surface area (Å²) in [5.74, 6) is 2.04. The zero-order valence-electron chi connectivity index (χ0n) is 22.7. The van der Waals surface area contributed by atoms with E-state index < -0.39 is 5.97 Å². The largest absolute Gasteiger partial charge is 0.491 e. The van der Waals surface area contributed by atoms with Crippen molar-refractivity contribution in [2.24, 2.45) is 5.92 Å². The van der Waals surface area contributed by atoms with Crippen LogP contribution in [0, 0.1) is 23.6 Å². The van der Waals surface area contributed by atoms with E-state index in [0.717, 1.165) is 45.5 Å². The summed E-state index contributed by atoms with van der Waals surface area (Å²) in [6, 6.07) is 7.65. The molecule has 0 saturated heterocycles. The smallest absolute Gasteiger partial charge is 0.307 e. The topological polar surface area (TPSA) is 95.7 Å². The number of halogens is 3. The van der Waals surface area contributed by atoms with Crippen molar-refractivity contribution in [3.05, 3.63) is 58.0 Å². The molecule has 2 atom stereocenters. The van der Waals surface area contributed by atoms with Crippen molar-refractivity contribution in [2.45, 2.75) is 66.0 Å². The van der Waals surface area contributed by atoms with Crippen molar-refractivity contribution in [1.82, 2.24) is 15.0 Å². The quantitative estimate of drug-likeness (QED) is 0.168. The number of aliphatic carboxylic acids is 1. The van der Waals surface area contributed by atoms with Crippen LogP contribution in [0.3, 0.4) is 0 Å². The average molecular weight is 873 g/mol. The Bertz CT molecular complexity index is 1240. The lowest BCUT2D eigenvalue weighted by atomic mass is 9.96. The van der Waals surface area contributed by atoms with Crippen LogP contribution in [0.15, 0.2) is 30.5 Å². The fourth-order valence-corrected chi connectivity index (χ4v) is 7.07. The zero-order valence-corrected chi connectivity index (χ0v) is 29.2. The lowest BCUT2D eigenvalue weighted by Gasteiger charge is -2.19. The monoisotopic (exact) mass is 873 g/mol. The molecule has 0 amide bonds. The summed E-state index contributed by atoms with van der Waals surface area (Å²) < 4.78 is 22.8. The third-order valence-corrected chi connectivity index (χ3v) is 8.34. The number of ether oxygens (including phenoxy) is 3. The van der Waals surface area contributed by atoms with Crippen LogP contribution in [0.25, 0.3) is 0 Å². The van der Waals surface area contributed by atoms with Gasteiger partial charge in [0, 0.05) is 12.1 Å². The van der Waals surface area contributed by atoms with E-state index >= 15 is 0 Å². The molecule has 3 rings (SSSR count). The van der Waals surface area contributed by atoms with Gasteiger partial charge in [0.1, 0.15) is 17.2 Å². The number of carboxylic acids is 1. The van der Waals surface area contributed by atoms with Gasteiger partial charge in [0.05, 0.1) is 48.7 Å². The summed E-state index contributed by atoms with van der Waals surface area (Å²) in [4.78, 5) is 11.1. The fourth-order valence-electron chi connectivity index (χ4n) is 4.11.